The van der Waals surface area contributed by atoms with Crippen LogP contribution >= 0.6 is 15.9 Å². The number of pyridine rings is 1. The van der Waals surface area contributed by atoms with Crippen molar-refractivity contribution in [3.63, 3.8) is 0 Å². The molecule has 0 aliphatic carbocycles. The molecule has 16 heavy (non-hydrogen) atoms. The van der Waals surface area contributed by atoms with Crippen LogP contribution < -0.4 is 0 Å². The van der Waals surface area contributed by atoms with Crippen LogP contribution in [-0.4, -0.2) is 4.98 Å². The van der Waals surface area contributed by atoms with E-state index in [1.165, 1.54) is 0 Å². The molecule has 1 aromatic carbocycles. The molecule has 2 nitrogen and oxygen atoms in total. The van der Waals surface area contributed by atoms with Crippen molar-refractivity contribution in [1.82, 2.24) is 4.98 Å². The average molecular weight is 273 g/mol. The molecule has 78 valence electrons. The molecule has 0 aliphatic rings. The zero-order valence-electron chi connectivity index (χ0n) is 8.52. The second kappa shape index (κ2) is 4.91. The van der Waals surface area contributed by atoms with E-state index in [1.54, 1.807) is 6.20 Å². The molecule has 0 amide bonds. The van der Waals surface area contributed by atoms with E-state index in [9.17, 15) is 0 Å². The minimum atomic E-state index is 0.664. The van der Waals surface area contributed by atoms with Crippen molar-refractivity contribution in [1.29, 1.82) is 5.26 Å². The lowest BCUT2D eigenvalue weighted by Gasteiger charge is -2.04. The molecule has 2 aromatic rings. The number of benzene rings is 1. The van der Waals surface area contributed by atoms with Crippen LogP contribution in [0, 0.1) is 11.3 Å². The summed E-state index contributed by atoms with van der Waals surface area (Å²) >= 11 is 3.47. The maximum atomic E-state index is 8.76. The summed E-state index contributed by atoms with van der Waals surface area (Å²) in [5, 5.41) is 8.76. The van der Waals surface area contributed by atoms with Crippen molar-refractivity contribution in [2.75, 3.05) is 0 Å². The summed E-state index contributed by atoms with van der Waals surface area (Å²) in [4.78, 5) is 4.27. The summed E-state index contributed by atoms with van der Waals surface area (Å²) in [7, 11) is 0. The van der Waals surface area contributed by atoms with Crippen LogP contribution in [0.2, 0.25) is 0 Å². The van der Waals surface area contributed by atoms with Crippen molar-refractivity contribution in [3.8, 4) is 6.07 Å². The molecule has 0 saturated carbocycles. The molecule has 1 aromatic heterocycles. The zero-order chi connectivity index (χ0) is 11.4. The van der Waals surface area contributed by atoms with Crippen molar-refractivity contribution in [2.24, 2.45) is 0 Å². The summed E-state index contributed by atoms with van der Waals surface area (Å²) in [6.07, 6.45) is 2.56. The van der Waals surface area contributed by atoms with Gasteiger partial charge in [-0.3, -0.25) is 4.98 Å². The average Bonchev–Trinajstić information content (AvgIpc) is 2.33. The van der Waals surface area contributed by atoms with Gasteiger partial charge in [0.1, 0.15) is 0 Å². The van der Waals surface area contributed by atoms with Crippen molar-refractivity contribution < 1.29 is 0 Å². The fourth-order valence-electron chi connectivity index (χ4n) is 1.46. The lowest BCUT2D eigenvalue weighted by atomic mass is 10.1. The van der Waals surface area contributed by atoms with Gasteiger partial charge in [-0.2, -0.15) is 5.26 Å². The van der Waals surface area contributed by atoms with Crippen LogP contribution in [0.4, 0.5) is 0 Å². The first-order valence-electron chi connectivity index (χ1n) is 4.88. The number of hydrogen-bond acceptors (Lipinski definition) is 2. The van der Waals surface area contributed by atoms with Crippen LogP contribution in [0.15, 0.2) is 47.1 Å². The summed E-state index contributed by atoms with van der Waals surface area (Å²) in [6.45, 7) is 0. The van der Waals surface area contributed by atoms with Crippen LogP contribution in [0.1, 0.15) is 16.8 Å². The Morgan fingerprint density at radius 1 is 1.25 bits per heavy atom. The number of hydrogen-bond donors (Lipinski definition) is 0. The molecule has 0 aliphatic heterocycles. The van der Waals surface area contributed by atoms with E-state index < -0.39 is 0 Å². The Kier molecular flexibility index (Phi) is 3.33. The largest absolute Gasteiger partial charge is 0.261 e. The standard InChI is InChI=1S/C13H9BrN2/c14-13-7-10(9-15)4-5-11(13)8-12-3-1-2-6-16-12/h1-7H,8H2. The number of aromatic nitrogens is 1. The van der Waals surface area contributed by atoms with Gasteiger partial charge < -0.3 is 0 Å². The third-order valence-electron chi connectivity index (χ3n) is 2.28. The third-order valence-corrected chi connectivity index (χ3v) is 3.02. The molecule has 3 heteroatoms. The Morgan fingerprint density at radius 2 is 2.12 bits per heavy atom. The van der Waals surface area contributed by atoms with Gasteiger partial charge in [-0.25, -0.2) is 0 Å². The van der Waals surface area contributed by atoms with E-state index in [1.807, 2.05) is 36.4 Å². The topological polar surface area (TPSA) is 36.7 Å². The van der Waals surface area contributed by atoms with Gasteiger partial charge in [0.25, 0.3) is 0 Å². The predicted molar refractivity (Wildman–Crippen MR) is 65.9 cm³/mol. The first kappa shape index (κ1) is 10.8. The molecule has 0 bridgehead atoms. The summed E-state index contributed by atoms with van der Waals surface area (Å²) in [6, 6.07) is 13.6. The fourth-order valence-corrected chi connectivity index (χ4v) is 1.98. The highest BCUT2D eigenvalue weighted by Gasteiger charge is 2.03. The van der Waals surface area contributed by atoms with E-state index in [4.69, 9.17) is 5.26 Å². The number of nitrogens with zero attached hydrogens (tertiary/aromatic N) is 2. The van der Waals surface area contributed by atoms with Crippen LogP contribution in [0.5, 0.6) is 0 Å². The zero-order valence-corrected chi connectivity index (χ0v) is 10.1. The smallest absolute Gasteiger partial charge is 0.0992 e. The van der Waals surface area contributed by atoms with Gasteiger partial charge in [0.15, 0.2) is 0 Å². The molecule has 0 spiro atoms. The summed E-state index contributed by atoms with van der Waals surface area (Å²) < 4.78 is 0.956. The Hall–Kier alpha value is -1.66. The van der Waals surface area contributed by atoms with Crippen LogP contribution in [0.25, 0.3) is 0 Å². The minimum absolute atomic E-state index is 0.664. The first-order valence-corrected chi connectivity index (χ1v) is 5.67. The molecule has 0 unspecified atom stereocenters. The van der Waals surface area contributed by atoms with Crippen molar-refractivity contribution in [3.05, 3.63) is 63.9 Å². The Labute approximate surface area is 103 Å². The van der Waals surface area contributed by atoms with Gasteiger partial charge in [0, 0.05) is 22.8 Å². The normalized spacial score (nSPS) is 9.75. The Morgan fingerprint density at radius 3 is 2.75 bits per heavy atom. The Bertz CT molecular complexity index is 529. The lowest BCUT2D eigenvalue weighted by Crippen LogP contribution is -1.92. The maximum absolute atomic E-state index is 8.76. The quantitative estimate of drug-likeness (QED) is 0.841. The van der Waals surface area contributed by atoms with Gasteiger partial charge in [0.2, 0.25) is 0 Å². The van der Waals surface area contributed by atoms with E-state index in [2.05, 4.69) is 27.0 Å². The van der Waals surface area contributed by atoms with E-state index in [-0.39, 0.29) is 0 Å². The molecular formula is C13H9BrN2. The van der Waals surface area contributed by atoms with Crippen molar-refractivity contribution in [2.45, 2.75) is 6.42 Å². The number of nitriles is 1. The van der Waals surface area contributed by atoms with Gasteiger partial charge >= 0.3 is 0 Å². The van der Waals surface area contributed by atoms with Crippen molar-refractivity contribution >= 4 is 15.9 Å². The number of halogens is 1. The minimum Gasteiger partial charge on any atom is -0.261 e. The maximum Gasteiger partial charge on any atom is 0.0992 e. The van der Waals surface area contributed by atoms with Gasteiger partial charge in [-0.15, -0.1) is 0 Å². The van der Waals surface area contributed by atoms with E-state index >= 15 is 0 Å². The molecule has 1 heterocycles. The number of rotatable bonds is 2. The highest BCUT2D eigenvalue weighted by atomic mass is 79.9. The SMILES string of the molecule is N#Cc1ccc(Cc2ccccn2)c(Br)c1. The van der Waals surface area contributed by atoms with Gasteiger partial charge in [-0.1, -0.05) is 28.1 Å². The highest BCUT2D eigenvalue weighted by molar-refractivity contribution is 9.10. The van der Waals surface area contributed by atoms with E-state index in [0.717, 1.165) is 22.2 Å². The van der Waals surface area contributed by atoms with Crippen LogP contribution in [0.3, 0.4) is 0 Å². The summed E-state index contributed by atoms with van der Waals surface area (Å²) in [5.41, 5.74) is 2.82. The molecule has 0 fully saturated rings. The molecule has 0 atom stereocenters. The highest BCUT2D eigenvalue weighted by Crippen LogP contribution is 2.20. The molecule has 0 radical (unpaired) electrons. The molecule has 2 rings (SSSR count). The third kappa shape index (κ3) is 2.47. The van der Waals surface area contributed by atoms with Crippen LogP contribution in [-0.2, 0) is 6.42 Å². The predicted octanol–water partition coefficient (Wildman–Crippen LogP) is 3.31. The molecule has 0 saturated heterocycles. The van der Waals surface area contributed by atoms with Gasteiger partial charge in [0.05, 0.1) is 11.6 Å². The fraction of sp³-hybridized carbons (Fsp3) is 0.0769. The van der Waals surface area contributed by atoms with E-state index in [0.29, 0.717) is 5.56 Å². The lowest BCUT2D eigenvalue weighted by molar-refractivity contribution is 1.07. The molecule has 0 N–H and O–H groups in total. The second-order valence-electron chi connectivity index (χ2n) is 3.42. The molecular weight excluding hydrogens is 264 g/mol. The van der Waals surface area contributed by atoms with Gasteiger partial charge in [-0.05, 0) is 29.8 Å². The Balaban J connectivity index is 2.27. The summed E-state index contributed by atoms with van der Waals surface area (Å²) in [5.74, 6) is 0. The first-order chi connectivity index (χ1) is 7.79. The monoisotopic (exact) mass is 272 g/mol. The second-order valence-corrected chi connectivity index (χ2v) is 4.27.